The molecule has 0 saturated carbocycles. The van der Waals surface area contributed by atoms with Gasteiger partial charge in [-0.3, -0.25) is 9.59 Å². The Morgan fingerprint density at radius 3 is 2.60 bits per heavy atom. The van der Waals surface area contributed by atoms with Crippen LogP contribution in [0.5, 0.6) is 0 Å². The molecule has 1 atom stereocenters. The quantitative estimate of drug-likeness (QED) is 0.434. The third-order valence-electron chi connectivity index (χ3n) is 5.27. The fourth-order valence-corrected chi connectivity index (χ4v) is 4.27. The number of amides is 1. The van der Waals surface area contributed by atoms with Gasteiger partial charge in [-0.1, -0.05) is 12.1 Å². The molecule has 5 rings (SSSR count). The van der Waals surface area contributed by atoms with Crippen LogP contribution in [0.4, 0.5) is 4.39 Å². The van der Waals surface area contributed by atoms with Gasteiger partial charge in [0, 0.05) is 4.90 Å². The standard InChI is InChI=1S/C23H16FNO4S/c1-30-16-7-4-13(5-8-16)20-19-21(26)17-11-14(24)6-9-18(17)29-22(19)23(27)25(20)12-15-3-2-10-28-15/h2-11,20H,12H2,1H3/t20-/m1/s1. The number of nitrogens with zero attached hydrogens (tertiary/aromatic N) is 1. The van der Waals surface area contributed by atoms with E-state index in [0.29, 0.717) is 5.76 Å². The van der Waals surface area contributed by atoms with Crippen LogP contribution in [0.25, 0.3) is 11.0 Å². The van der Waals surface area contributed by atoms with Crippen LogP contribution < -0.4 is 5.43 Å². The van der Waals surface area contributed by atoms with E-state index in [0.717, 1.165) is 16.5 Å². The Labute approximate surface area is 175 Å². The van der Waals surface area contributed by atoms with E-state index >= 15 is 0 Å². The first kappa shape index (κ1) is 18.7. The molecule has 0 radical (unpaired) electrons. The molecule has 2 aromatic carbocycles. The fourth-order valence-electron chi connectivity index (χ4n) is 3.86. The molecule has 150 valence electrons. The van der Waals surface area contributed by atoms with Gasteiger partial charge in [0.2, 0.25) is 5.76 Å². The lowest BCUT2D eigenvalue weighted by atomic mass is 9.98. The predicted molar refractivity (Wildman–Crippen MR) is 111 cm³/mol. The molecule has 0 bridgehead atoms. The molecule has 5 nitrogen and oxygen atoms in total. The molecule has 7 heteroatoms. The van der Waals surface area contributed by atoms with Gasteiger partial charge in [-0.15, -0.1) is 11.8 Å². The molecule has 30 heavy (non-hydrogen) atoms. The Kier molecular flexibility index (Phi) is 4.47. The molecule has 4 aromatic rings. The first-order chi connectivity index (χ1) is 14.6. The Bertz CT molecular complexity index is 1310. The lowest BCUT2D eigenvalue weighted by Gasteiger charge is -2.24. The van der Waals surface area contributed by atoms with Gasteiger partial charge in [-0.05, 0) is 54.3 Å². The van der Waals surface area contributed by atoms with E-state index in [-0.39, 0.29) is 28.8 Å². The van der Waals surface area contributed by atoms with Crippen LogP contribution in [0, 0.1) is 5.82 Å². The molecule has 3 heterocycles. The normalized spacial score (nSPS) is 15.7. The predicted octanol–water partition coefficient (Wildman–Crippen LogP) is 4.99. The van der Waals surface area contributed by atoms with Crippen molar-refractivity contribution in [1.29, 1.82) is 0 Å². The van der Waals surface area contributed by atoms with Gasteiger partial charge in [-0.2, -0.15) is 0 Å². The number of hydrogen-bond acceptors (Lipinski definition) is 5. The van der Waals surface area contributed by atoms with Gasteiger partial charge < -0.3 is 13.7 Å². The van der Waals surface area contributed by atoms with Crippen LogP contribution in [0.1, 0.15) is 33.5 Å². The van der Waals surface area contributed by atoms with Crippen LogP contribution >= 0.6 is 11.8 Å². The summed E-state index contributed by atoms with van der Waals surface area (Å²) in [6.45, 7) is 0.176. The van der Waals surface area contributed by atoms with Crippen molar-refractivity contribution in [2.45, 2.75) is 17.5 Å². The zero-order chi connectivity index (χ0) is 20.8. The number of hydrogen-bond donors (Lipinski definition) is 0. The zero-order valence-corrected chi connectivity index (χ0v) is 16.7. The van der Waals surface area contributed by atoms with Crippen molar-refractivity contribution in [2.24, 2.45) is 0 Å². The molecule has 0 spiro atoms. The van der Waals surface area contributed by atoms with Gasteiger partial charge in [0.1, 0.15) is 17.2 Å². The average molecular weight is 421 g/mol. The van der Waals surface area contributed by atoms with Gasteiger partial charge in [0.25, 0.3) is 5.91 Å². The minimum Gasteiger partial charge on any atom is -0.467 e. The minimum absolute atomic E-state index is 0.00962. The highest BCUT2D eigenvalue weighted by molar-refractivity contribution is 7.98. The largest absolute Gasteiger partial charge is 0.467 e. The summed E-state index contributed by atoms with van der Waals surface area (Å²) in [6.07, 6.45) is 3.51. The highest BCUT2D eigenvalue weighted by Crippen LogP contribution is 2.39. The van der Waals surface area contributed by atoms with E-state index in [1.54, 1.807) is 28.8 Å². The van der Waals surface area contributed by atoms with Crippen molar-refractivity contribution in [2.75, 3.05) is 6.26 Å². The number of carbonyl (C=O) groups is 1. The van der Waals surface area contributed by atoms with E-state index in [9.17, 15) is 14.0 Å². The smallest absolute Gasteiger partial charge is 0.291 e. The van der Waals surface area contributed by atoms with Crippen molar-refractivity contribution in [1.82, 2.24) is 4.90 Å². The maximum atomic E-state index is 13.8. The lowest BCUT2D eigenvalue weighted by Crippen LogP contribution is -2.29. The number of fused-ring (bicyclic) bond motifs is 2. The van der Waals surface area contributed by atoms with E-state index in [2.05, 4.69) is 0 Å². The summed E-state index contributed by atoms with van der Waals surface area (Å²) in [5.74, 6) is -0.356. The van der Waals surface area contributed by atoms with E-state index in [4.69, 9.17) is 8.83 Å². The Morgan fingerprint density at radius 1 is 1.10 bits per heavy atom. The van der Waals surface area contributed by atoms with Crippen LogP contribution in [-0.4, -0.2) is 17.1 Å². The summed E-state index contributed by atoms with van der Waals surface area (Å²) >= 11 is 1.60. The second kappa shape index (κ2) is 7.18. The summed E-state index contributed by atoms with van der Waals surface area (Å²) in [6, 6.07) is 14.2. The van der Waals surface area contributed by atoms with E-state index < -0.39 is 23.2 Å². The maximum Gasteiger partial charge on any atom is 0.291 e. The summed E-state index contributed by atoms with van der Waals surface area (Å²) < 4.78 is 25.0. The van der Waals surface area contributed by atoms with Gasteiger partial charge in [0.05, 0.1) is 29.8 Å². The average Bonchev–Trinajstić information content (AvgIpc) is 3.37. The van der Waals surface area contributed by atoms with Crippen LogP contribution in [0.3, 0.4) is 0 Å². The van der Waals surface area contributed by atoms with Crippen molar-refractivity contribution < 1.29 is 18.0 Å². The summed E-state index contributed by atoms with van der Waals surface area (Å²) in [7, 11) is 0. The van der Waals surface area contributed by atoms with Crippen LogP contribution in [0.2, 0.25) is 0 Å². The monoisotopic (exact) mass is 421 g/mol. The topological polar surface area (TPSA) is 63.7 Å². The Morgan fingerprint density at radius 2 is 1.90 bits per heavy atom. The molecule has 1 aliphatic rings. The second-order valence-corrected chi connectivity index (χ2v) is 7.88. The molecular formula is C23H16FNO4S. The Hall–Kier alpha value is -3.32. The minimum atomic E-state index is -0.655. The Balaban J connectivity index is 1.73. The number of carbonyl (C=O) groups excluding carboxylic acids is 1. The van der Waals surface area contributed by atoms with E-state index in [1.165, 1.54) is 18.4 Å². The zero-order valence-electron chi connectivity index (χ0n) is 15.9. The highest BCUT2D eigenvalue weighted by atomic mass is 32.2. The van der Waals surface area contributed by atoms with Gasteiger partial charge >= 0.3 is 0 Å². The van der Waals surface area contributed by atoms with Crippen LogP contribution in [0.15, 0.2) is 79.4 Å². The van der Waals surface area contributed by atoms with Crippen molar-refractivity contribution in [3.8, 4) is 0 Å². The number of thioether (sulfide) groups is 1. The summed E-state index contributed by atoms with van der Waals surface area (Å²) in [5.41, 5.74) is 0.779. The maximum absolute atomic E-state index is 13.8. The SMILES string of the molecule is CSc1ccc([C@@H]2c3c(oc4ccc(F)cc4c3=O)C(=O)N2Cc2ccco2)cc1. The summed E-state index contributed by atoms with van der Waals surface area (Å²) in [5, 5.41) is 0.118. The van der Waals surface area contributed by atoms with Gasteiger partial charge in [0.15, 0.2) is 5.43 Å². The van der Waals surface area contributed by atoms with E-state index in [1.807, 2.05) is 30.5 Å². The van der Waals surface area contributed by atoms with Crippen molar-refractivity contribution in [3.63, 3.8) is 0 Å². The number of benzene rings is 2. The van der Waals surface area contributed by atoms with Gasteiger partial charge in [-0.25, -0.2) is 4.39 Å². The van der Waals surface area contributed by atoms with Crippen molar-refractivity contribution >= 4 is 28.6 Å². The number of rotatable bonds is 4. The van der Waals surface area contributed by atoms with Crippen LogP contribution in [-0.2, 0) is 6.54 Å². The summed E-state index contributed by atoms with van der Waals surface area (Å²) in [4.78, 5) is 29.2. The van der Waals surface area contributed by atoms with Crippen molar-refractivity contribution in [3.05, 3.63) is 99.5 Å². The molecule has 2 aromatic heterocycles. The molecular weight excluding hydrogens is 405 g/mol. The molecule has 1 aliphatic heterocycles. The molecule has 0 aliphatic carbocycles. The fraction of sp³-hybridized carbons (Fsp3) is 0.130. The third-order valence-corrected chi connectivity index (χ3v) is 6.01. The molecule has 0 saturated heterocycles. The first-order valence-corrected chi connectivity index (χ1v) is 10.5. The molecule has 0 fully saturated rings. The number of furan rings is 1. The molecule has 1 amide bonds. The highest BCUT2D eigenvalue weighted by Gasteiger charge is 2.43. The first-order valence-electron chi connectivity index (χ1n) is 9.30. The lowest BCUT2D eigenvalue weighted by molar-refractivity contribution is 0.0701. The second-order valence-electron chi connectivity index (χ2n) is 7.00. The number of halogens is 1. The molecule has 0 unspecified atom stereocenters. The third kappa shape index (κ3) is 2.93. The molecule has 0 N–H and O–H groups in total.